The molecule has 37 heavy (non-hydrogen) atoms. The summed E-state index contributed by atoms with van der Waals surface area (Å²) in [7, 11) is 0. The van der Waals surface area contributed by atoms with Crippen molar-refractivity contribution in [2.45, 2.75) is 25.7 Å². The van der Waals surface area contributed by atoms with Gasteiger partial charge in [-0.2, -0.15) is 0 Å². The van der Waals surface area contributed by atoms with Gasteiger partial charge < -0.3 is 14.7 Å². The summed E-state index contributed by atoms with van der Waals surface area (Å²) in [6.07, 6.45) is 3.41. The summed E-state index contributed by atoms with van der Waals surface area (Å²) < 4.78 is 0. The number of hydrogen-bond donors (Lipinski definition) is 2. The Hall–Kier alpha value is -3.51. The second-order valence-electron chi connectivity index (χ2n) is 9.10. The number of pyridine rings is 1. The number of piperidine rings is 1. The van der Waals surface area contributed by atoms with E-state index in [2.05, 4.69) is 25.7 Å². The minimum Gasteiger partial charge on any atom is -0.353 e. The molecule has 0 unspecified atom stereocenters. The number of amides is 4. The maximum absolute atomic E-state index is 13.1. The zero-order valence-electron chi connectivity index (χ0n) is 20.6. The average Bonchev–Trinajstić information content (AvgIpc) is 3.62. The number of anilines is 1. The molecule has 194 valence electrons. The maximum Gasteiger partial charge on any atom is 0.320 e. The number of nitrogens with one attached hydrogen (secondary N) is 2. The topological polar surface area (TPSA) is 111 Å². The summed E-state index contributed by atoms with van der Waals surface area (Å²) in [6.45, 7) is 6.17. The fourth-order valence-electron chi connectivity index (χ4n) is 4.56. The quantitative estimate of drug-likeness (QED) is 0.493. The molecule has 3 aromatic rings. The summed E-state index contributed by atoms with van der Waals surface area (Å²) >= 11 is 2.81. The number of aromatic nitrogens is 2. The Labute approximate surface area is 223 Å². The first-order valence-corrected chi connectivity index (χ1v) is 14.0. The summed E-state index contributed by atoms with van der Waals surface area (Å²) in [5, 5.41) is 2.60. The lowest BCUT2D eigenvalue weighted by atomic mass is 9.98. The van der Waals surface area contributed by atoms with Crippen LogP contribution in [0.4, 0.5) is 10.6 Å². The van der Waals surface area contributed by atoms with Crippen molar-refractivity contribution in [1.82, 2.24) is 30.6 Å². The van der Waals surface area contributed by atoms with Crippen molar-refractivity contribution in [3.8, 4) is 0 Å². The lowest BCUT2D eigenvalue weighted by molar-refractivity contribution is 0.0846. The Bertz CT molecular complexity index is 1250. The summed E-state index contributed by atoms with van der Waals surface area (Å²) in [6, 6.07) is 9.56. The standard InChI is InChI=1S/C25H29N7O3S2/c1-17-5-6-20(37-17)23(34)29-28-22(33)19-16-36-24(27-19)18-7-10-31(11-8-18)25(35)32-14-12-30(13-15-32)21-4-2-3-9-26-21/h2-6,9,16,18H,7-8,10-15H2,1H3,(H,28,33)(H,29,34). The highest BCUT2D eigenvalue weighted by Gasteiger charge is 2.30. The van der Waals surface area contributed by atoms with E-state index in [4.69, 9.17) is 0 Å². The number of carbonyl (C=O) groups excluding carboxylic acids is 3. The Balaban J connectivity index is 1.07. The first-order valence-electron chi connectivity index (χ1n) is 12.3. The number of piperazine rings is 1. The number of urea groups is 1. The van der Waals surface area contributed by atoms with Crippen LogP contribution in [0.3, 0.4) is 0 Å². The zero-order chi connectivity index (χ0) is 25.8. The van der Waals surface area contributed by atoms with Crippen LogP contribution in [0, 0.1) is 6.92 Å². The van der Waals surface area contributed by atoms with E-state index in [0.717, 1.165) is 41.6 Å². The average molecular weight is 540 g/mol. The molecule has 2 fully saturated rings. The number of aryl methyl sites for hydroxylation is 1. The minimum absolute atomic E-state index is 0.0926. The highest BCUT2D eigenvalue weighted by Crippen LogP contribution is 2.31. The zero-order valence-corrected chi connectivity index (χ0v) is 22.2. The molecule has 3 aromatic heterocycles. The Morgan fingerprint density at radius 3 is 2.32 bits per heavy atom. The fraction of sp³-hybridized carbons (Fsp3) is 0.400. The summed E-state index contributed by atoms with van der Waals surface area (Å²) in [5.41, 5.74) is 5.17. The molecule has 0 spiro atoms. The second kappa shape index (κ2) is 11.3. The molecule has 0 atom stereocenters. The second-order valence-corrected chi connectivity index (χ2v) is 11.3. The molecule has 0 saturated carbocycles. The third kappa shape index (κ3) is 5.91. The molecule has 12 heteroatoms. The molecule has 0 bridgehead atoms. The lowest BCUT2D eigenvalue weighted by Gasteiger charge is -2.39. The molecule has 5 heterocycles. The van der Waals surface area contributed by atoms with Crippen LogP contribution in [0.5, 0.6) is 0 Å². The van der Waals surface area contributed by atoms with Crippen molar-refractivity contribution in [2.24, 2.45) is 0 Å². The number of rotatable bonds is 4. The number of hydrazine groups is 1. The third-order valence-corrected chi connectivity index (χ3v) is 8.65. The molecule has 10 nitrogen and oxygen atoms in total. The van der Waals surface area contributed by atoms with Crippen LogP contribution in [0.15, 0.2) is 41.9 Å². The van der Waals surface area contributed by atoms with Crippen molar-refractivity contribution in [3.63, 3.8) is 0 Å². The van der Waals surface area contributed by atoms with E-state index in [1.807, 2.05) is 41.0 Å². The predicted octanol–water partition coefficient (Wildman–Crippen LogP) is 3.10. The summed E-state index contributed by atoms with van der Waals surface area (Å²) in [4.78, 5) is 54.3. The smallest absolute Gasteiger partial charge is 0.320 e. The van der Waals surface area contributed by atoms with Crippen molar-refractivity contribution in [1.29, 1.82) is 0 Å². The molecule has 2 N–H and O–H groups in total. The molecule has 4 amide bonds. The Morgan fingerprint density at radius 2 is 1.65 bits per heavy atom. The van der Waals surface area contributed by atoms with Gasteiger partial charge in [0.15, 0.2) is 0 Å². The number of nitrogens with zero attached hydrogens (tertiary/aromatic N) is 5. The van der Waals surface area contributed by atoms with E-state index in [0.29, 0.717) is 31.1 Å². The normalized spacial score (nSPS) is 16.5. The predicted molar refractivity (Wildman–Crippen MR) is 143 cm³/mol. The van der Waals surface area contributed by atoms with E-state index in [9.17, 15) is 14.4 Å². The number of carbonyl (C=O) groups is 3. The van der Waals surface area contributed by atoms with Crippen molar-refractivity contribution in [3.05, 3.63) is 62.4 Å². The van der Waals surface area contributed by atoms with Gasteiger partial charge in [0.25, 0.3) is 11.8 Å². The maximum atomic E-state index is 13.1. The van der Waals surface area contributed by atoms with Gasteiger partial charge in [-0.05, 0) is 44.0 Å². The number of thiophene rings is 1. The van der Waals surface area contributed by atoms with E-state index in [1.165, 1.54) is 22.7 Å². The monoisotopic (exact) mass is 539 g/mol. The Morgan fingerprint density at radius 1 is 0.919 bits per heavy atom. The lowest BCUT2D eigenvalue weighted by Crippen LogP contribution is -2.54. The molecule has 2 saturated heterocycles. The fourth-order valence-corrected chi connectivity index (χ4v) is 6.29. The van der Waals surface area contributed by atoms with Gasteiger partial charge >= 0.3 is 6.03 Å². The third-order valence-electron chi connectivity index (χ3n) is 6.65. The van der Waals surface area contributed by atoms with Gasteiger partial charge in [-0.25, -0.2) is 14.8 Å². The molecule has 2 aliphatic rings. The molecule has 0 aromatic carbocycles. The minimum atomic E-state index is -0.443. The van der Waals surface area contributed by atoms with E-state index in [1.54, 1.807) is 17.6 Å². The molecule has 5 rings (SSSR count). The van der Waals surface area contributed by atoms with E-state index < -0.39 is 5.91 Å². The van der Waals surface area contributed by atoms with Crippen LogP contribution in [0.1, 0.15) is 48.8 Å². The van der Waals surface area contributed by atoms with Gasteiger partial charge in [0.05, 0.1) is 9.88 Å². The van der Waals surface area contributed by atoms with Gasteiger partial charge in [0, 0.05) is 61.6 Å². The Kier molecular flexibility index (Phi) is 7.65. The highest BCUT2D eigenvalue weighted by atomic mass is 32.1. The van der Waals surface area contributed by atoms with Crippen LogP contribution >= 0.6 is 22.7 Å². The van der Waals surface area contributed by atoms with Crippen LogP contribution in [-0.4, -0.2) is 76.9 Å². The van der Waals surface area contributed by atoms with Crippen LogP contribution in [-0.2, 0) is 0 Å². The first-order chi connectivity index (χ1) is 18.0. The number of hydrogen-bond acceptors (Lipinski definition) is 8. The van der Waals surface area contributed by atoms with E-state index in [-0.39, 0.29) is 23.6 Å². The first kappa shape index (κ1) is 25.2. The van der Waals surface area contributed by atoms with Crippen LogP contribution in [0.25, 0.3) is 0 Å². The number of likely N-dealkylation sites (tertiary alicyclic amines) is 1. The molecular formula is C25H29N7O3S2. The van der Waals surface area contributed by atoms with Gasteiger partial charge in [-0.1, -0.05) is 6.07 Å². The molecular weight excluding hydrogens is 510 g/mol. The van der Waals surface area contributed by atoms with Crippen LogP contribution in [0.2, 0.25) is 0 Å². The molecule has 0 radical (unpaired) electrons. The van der Waals surface area contributed by atoms with Gasteiger partial charge in [0.1, 0.15) is 11.5 Å². The largest absolute Gasteiger partial charge is 0.353 e. The SMILES string of the molecule is Cc1ccc(C(=O)NNC(=O)c2csc(C3CCN(C(=O)N4CCN(c5ccccn5)CC4)CC3)n2)s1. The van der Waals surface area contributed by atoms with Crippen LogP contribution < -0.4 is 15.8 Å². The van der Waals surface area contributed by atoms with Crippen molar-refractivity contribution < 1.29 is 14.4 Å². The van der Waals surface area contributed by atoms with Crippen molar-refractivity contribution >= 4 is 46.3 Å². The van der Waals surface area contributed by atoms with Gasteiger partial charge in [-0.15, -0.1) is 22.7 Å². The highest BCUT2D eigenvalue weighted by molar-refractivity contribution is 7.14. The molecule has 0 aliphatic carbocycles. The summed E-state index contributed by atoms with van der Waals surface area (Å²) in [5.74, 6) is 0.367. The van der Waals surface area contributed by atoms with Gasteiger partial charge in [-0.3, -0.25) is 20.4 Å². The van der Waals surface area contributed by atoms with Gasteiger partial charge in [0.2, 0.25) is 0 Å². The van der Waals surface area contributed by atoms with Crippen molar-refractivity contribution in [2.75, 3.05) is 44.2 Å². The molecule has 2 aliphatic heterocycles. The van der Waals surface area contributed by atoms with E-state index >= 15 is 0 Å². The number of thiazole rings is 1.